The molecule has 0 aliphatic rings. The van der Waals surface area contributed by atoms with Gasteiger partial charge in [-0.25, -0.2) is 14.5 Å². The molecule has 31 heavy (non-hydrogen) atoms. The average molecular weight is 453 g/mol. The molecule has 0 fully saturated rings. The van der Waals surface area contributed by atoms with Crippen LogP contribution in [-0.2, 0) is 11.2 Å². The lowest BCUT2D eigenvalue weighted by Gasteiger charge is -2.10. The quantitative estimate of drug-likeness (QED) is 0.442. The van der Waals surface area contributed by atoms with Gasteiger partial charge in [0.25, 0.3) is 5.78 Å². The van der Waals surface area contributed by atoms with E-state index in [1.807, 2.05) is 25.5 Å². The summed E-state index contributed by atoms with van der Waals surface area (Å²) in [4.78, 5) is 26.3. The second kappa shape index (κ2) is 8.39. The molecule has 0 radical (unpaired) electrons. The van der Waals surface area contributed by atoms with Gasteiger partial charge in [0.15, 0.2) is 5.13 Å². The first-order chi connectivity index (χ1) is 14.8. The molecule has 3 heterocycles. The number of anilines is 1. The van der Waals surface area contributed by atoms with E-state index in [1.54, 1.807) is 4.52 Å². The summed E-state index contributed by atoms with van der Waals surface area (Å²) in [5.41, 5.74) is 8.14. The van der Waals surface area contributed by atoms with Gasteiger partial charge in [-0.3, -0.25) is 4.79 Å². The van der Waals surface area contributed by atoms with Crippen LogP contribution in [-0.4, -0.2) is 36.7 Å². The minimum atomic E-state index is -0.129. The van der Waals surface area contributed by atoms with Crippen molar-refractivity contribution in [1.82, 2.24) is 24.6 Å². The predicted octanol–water partition coefficient (Wildman–Crippen LogP) is 4.69. The van der Waals surface area contributed by atoms with Crippen LogP contribution in [0.5, 0.6) is 0 Å². The van der Waals surface area contributed by atoms with E-state index in [-0.39, 0.29) is 12.3 Å². The number of fused-ring (bicyclic) bond motifs is 1. The molecule has 4 rings (SSSR count). The van der Waals surface area contributed by atoms with Gasteiger partial charge >= 0.3 is 0 Å². The molecule has 1 aromatic carbocycles. The summed E-state index contributed by atoms with van der Waals surface area (Å²) in [5, 5.41) is 10.6. The summed E-state index contributed by atoms with van der Waals surface area (Å²) in [6, 6.07) is 4.32. The van der Waals surface area contributed by atoms with Crippen molar-refractivity contribution in [3.8, 4) is 11.3 Å². The third kappa shape index (κ3) is 4.20. The SMILES string of the molecule is CSc1nc2nc(C)c(CC(=O)Nc3nc(-c4cc(C)c(C)cc4C)cs3)c(C)n2n1. The molecule has 0 atom stereocenters. The van der Waals surface area contributed by atoms with E-state index in [0.29, 0.717) is 16.1 Å². The van der Waals surface area contributed by atoms with Crippen molar-refractivity contribution in [2.75, 3.05) is 11.6 Å². The third-order valence-corrected chi connectivity index (χ3v) is 6.71. The maximum Gasteiger partial charge on any atom is 0.253 e. The number of nitrogens with one attached hydrogen (secondary N) is 1. The molecule has 0 unspecified atom stereocenters. The molecule has 7 nitrogen and oxygen atoms in total. The molecular formula is C22H24N6OS2. The number of hydrogen-bond donors (Lipinski definition) is 1. The van der Waals surface area contributed by atoms with Crippen molar-refractivity contribution in [3.63, 3.8) is 0 Å². The summed E-state index contributed by atoms with van der Waals surface area (Å²) in [6.07, 6.45) is 2.12. The molecule has 0 spiro atoms. The maximum absolute atomic E-state index is 12.8. The van der Waals surface area contributed by atoms with Gasteiger partial charge in [-0.05, 0) is 63.6 Å². The number of thiazole rings is 1. The van der Waals surface area contributed by atoms with Gasteiger partial charge in [0.2, 0.25) is 11.1 Å². The number of hydrogen-bond acceptors (Lipinski definition) is 7. The molecule has 0 aliphatic heterocycles. The molecule has 4 aromatic rings. The first kappa shape index (κ1) is 21.5. The third-order valence-electron chi connectivity index (χ3n) is 5.42. The first-order valence-corrected chi connectivity index (χ1v) is 12.0. The number of nitrogens with zero attached hydrogens (tertiary/aromatic N) is 5. The lowest BCUT2D eigenvalue weighted by Crippen LogP contribution is -2.17. The van der Waals surface area contributed by atoms with Gasteiger partial charge in [0.1, 0.15) is 0 Å². The monoisotopic (exact) mass is 452 g/mol. The minimum Gasteiger partial charge on any atom is -0.302 e. The van der Waals surface area contributed by atoms with Crippen LogP contribution in [0.3, 0.4) is 0 Å². The Morgan fingerprint density at radius 3 is 2.55 bits per heavy atom. The number of aryl methyl sites for hydroxylation is 5. The first-order valence-electron chi connectivity index (χ1n) is 9.87. The molecule has 1 amide bonds. The summed E-state index contributed by atoms with van der Waals surface area (Å²) >= 11 is 2.89. The van der Waals surface area contributed by atoms with Gasteiger partial charge in [-0.15, -0.1) is 16.4 Å². The second-order valence-corrected chi connectivity index (χ2v) is 9.22. The lowest BCUT2D eigenvalue weighted by molar-refractivity contribution is -0.115. The fraction of sp³-hybridized carbons (Fsp3) is 0.318. The normalized spacial score (nSPS) is 11.3. The highest BCUT2D eigenvalue weighted by Crippen LogP contribution is 2.29. The number of carbonyl (C=O) groups excluding carboxylic acids is 1. The van der Waals surface area contributed by atoms with E-state index in [2.05, 4.69) is 58.3 Å². The second-order valence-electron chi connectivity index (χ2n) is 7.59. The van der Waals surface area contributed by atoms with E-state index < -0.39 is 0 Å². The zero-order chi connectivity index (χ0) is 22.3. The van der Waals surface area contributed by atoms with Crippen molar-refractivity contribution in [2.24, 2.45) is 0 Å². The fourth-order valence-electron chi connectivity index (χ4n) is 3.55. The van der Waals surface area contributed by atoms with Crippen LogP contribution in [0.15, 0.2) is 22.7 Å². The van der Waals surface area contributed by atoms with Crippen molar-refractivity contribution >= 4 is 39.9 Å². The van der Waals surface area contributed by atoms with Crippen molar-refractivity contribution in [2.45, 2.75) is 46.2 Å². The lowest BCUT2D eigenvalue weighted by atomic mass is 9.99. The summed E-state index contributed by atoms with van der Waals surface area (Å²) < 4.78 is 1.70. The Balaban J connectivity index is 1.54. The maximum atomic E-state index is 12.8. The number of carbonyl (C=O) groups is 1. The van der Waals surface area contributed by atoms with Crippen molar-refractivity contribution in [1.29, 1.82) is 0 Å². The average Bonchev–Trinajstić information content (AvgIpc) is 3.34. The zero-order valence-electron chi connectivity index (χ0n) is 18.4. The molecule has 160 valence electrons. The van der Waals surface area contributed by atoms with Gasteiger partial charge in [-0.1, -0.05) is 17.8 Å². The van der Waals surface area contributed by atoms with E-state index in [9.17, 15) is 4.79 Å². The van der Waals surface area contributed by atoms with E-state index >= 15 is 0 Å². The number of aromatic nitrogens is 5. The largest absolute Gasteiger partial charge is 0.302 e. The Morgan fingerprint density at radius 1 is 1.06 bits per heavy atom. The Morgan fingerprint density at radius 2 is 1.81 bits per heavy atom. The van der Waals surface area contributed by atoms with E-state index in [4.69, 9.17) is 0 Å². The van der Waals surface area contributed by atoms with Crippen LogP contribution < -0.4 is 5.32 Å². The Kier molecular flexibility index (Phi) is 5.81. The van der Waals surface area contributed by atoms with Crippen molar-refractivity contribution in [3.05, 3.63) is 51.2 Å². The number of thioether (sulfide) groups is 1. The van der Waals surface area contributed by atoms with Crippen LogP contribution in [0, 0.1) is 34.6 Å². The molecule has 0 bridgehead atoms. The van der Waals surface area contributed by atoms with E-state index in [0.717, 1.165) is 28.2 Å². The highest BCUT2D eigenvalue weighted by molar-refractivity contribution is 7.98. The topological polar surface area (TPSA) is 85.1 Å². The number of rotatable bonds is 5. The molecule has 1 N–H and O–H groups in total. The zero-order valence-corrected chi connectivity index (χ0v) is 20.0. The minimum absolute atomic E-state index is 0.129. The summed E-state index contributed by atoms with van der Waals surface area (Å²) in [7, 11) is 0. The summed E-state index contributed by atoms with van der Waals surface area (Å²) in [5.74, 6) is 0.423. The van der Waals surface area contributed by atoms with E-state index in [1.165, 1.54) is 39.8 Å². The van der Waals surface area contributed by atoms with Crippen molar-refractivity contribution < 1.29 is 4.79 Å². The molecular weight excluding hydrogens is 428 g/mol. The highest BCUT2D eigenvalue weighted by Gasteiger charge is 2.17. The molecule has 3 aromatic heterocycles. The molecule has 0 saturated heterocycles. The number of amides is 1. The standard InChI is InChI=1S/C22H24N6OS2/c1-11-7-13(3)16(8-12(11)2)18-10-31-21(24-18)25-19(29)9-17-14(4)23-20-26-22(30-6)27-28(20)15(17)5/h7-8,10H,9H2,1-6H3,(H,24,25,29). The number of benzene rings is 1. The van der Waals surface area contributed by atoms with Gasteiger partial charge in [0, 0.05) is 27.9 Å². The molecule has 9 heteroatoms. The van der Waals surface area contributed by atoms with Gasteiger partial charge in [-0.2, -0.15) is 4.98 Å². The smallest absolute Gasteiger partial charge is 0.253 e. The molecule has 0 aliphatic carbocycles. The van der Waals surface area contributed by atoms with Crippen LogP contribution in [0.1, 0.15) is 33.6 Å². The summed E-state index contributed by atoms with van der Waals surface area (Å²) in [6.45, 7) is 10.1. The molecule has 0 saturated carbocycles. The Bertz CT molecular complexity index is 1310. The Hall–Kier alpha value is -2.78. The van der Waals surface area contributed by atoms with Crippen LogP contribution in [0.2, 0.25) is 0 Å². The highest BCUT2D eigenvalue weighted by atomic mass is 32.2. The van der Waals surface area contributed by atoms with Gasteiger partial charge in [0.05, 0.1) is 12.1 Å². The van der Waals surface area contributed by atoms with Crippen LogP contribution >= 0.6 is 23.1 Å². The fourth-order valence-corrected chi connectivity index (χ4v) is 4.61. The van der Waals surface area contributed by atoms with Crippen LogP contribution in [0.25, 0.3) is 17.0 Å². The van der Waals surface area contributed by atoms with Gasteiger partial charge < -0.3 is 5.32 Å². The van der Waals surface area contributed by atoms with Crippen LogP contribution in [0.4, 0.5) is 5.13 Å². The Labute approximate surface area is 189 Å². The predicted molar refractivity (Wildman–Crippen MR) is 126 cm³/mol.